The van der Waals surface area contributed by atoms with Crippen molar-refractivity contribution >= 4 is 0 Å². The van der Waals surface area contributed by atoms with Crippen LogP contribution in [0.1, 0.15) is 29.2 Å². The van der Waals surface area contributed by atoms with Gasteiger partial charge in [-0.1, -0.05) is 6.07 Å². The number of ether oxygens (including phenoxy) is 1. The van der Waals surface area contributed by atoms with E-state index in [1.807, 2.05) is 0 Å². The number of hydrogen-bond acceptors (Lipinski definition) is 4. The maximum absolute atomic E-state index is 14.4. The summed E-state index contributed by atoms with van der Waals surface area (Å²) in [5, 5.41) is 9.31. The fourth-order valence-corrected chi connectivity index (χ4v) is 3.95. The third kappa shape index (κ3) is 5.70. The van der Waals surface area contributed by atoms with Gasteiger partial charge in [-0.2, -0.15) is 31.6 Å². The fraction of sp³-hybridized carbons (Fsp3) is 0.185. The van der Waals surface area contributed by atoms with Crippen molar-refractivity contribution in [3.8, 4) is 34.6 Å². The number of nitrogens with zero attached hydrogens (tertiary/aromatic N) is 2. The van der Waals surface area contributed by atoms with E-state index in [4.69, 9.17) is 9.15 Å². The van der Waals surface area contributed by atoms with Crippen molar-refractivity contribution in [1.82, 2.24) is 4.57 Å². The van der Waals surface area contributed by atoms with Gasteiger partial charge in [-0.15, -0.1) is 0 Å². The fourth-order valence-electron chi connectivity index (χ4n) is 3.95. The third-order valence-electron chi connectivity index (χ3n) is 5.75. The predicted molar refractivity (Wildman–Crippen MR) is 125 cm³/mol. The minimum Gasteiger partial charge on any atom is -0.494 e. The van der Waals surface area contributed by atoms with Crippen molar-refractivity contribution in [2.24, 2.45) is 0 Å². The van der Waals surface area contributed by atoms with Gasteiger partial charge in [0.05, 0.1) is 30.0 Å². The number of nitriles is 1. The van der Waals surface area contributed by atoms with Crippen LogP contribution in [0.5, 0.6) is 5.75 Å². The summed E-state index contributed by atoms with van der Waals surface area (Å²) in [5.74, 6) is -2.82. The van der Waals surface area contributed by atoms with E-state index in [0.717, 1.165) is 30.3 Å². The summed E-state index contributed by atoms with van der Waals surface area (Å²) in [6.45, 7) is 0.875. The van der Waals surface area contributed by atoms with Gasteiger partial charge < -0.3 is 9.15 Å². The van der Waals surface area contributed by atoms with Gasteiger partial charge in [-0.25, -0.2) is 8.78 Å². The van der Waals surface area contributed by atoms with Gasteiger partial charge >= 0.3 is 12.4 Å². The van der Waals surface area contributed by atoms with Crippen molar-refractivity contribution in [3.05, 3.63) is 98.8 Å². The molecule has 2 aromatic heterocycles. The van der Waals surface area contributed by atoms with Crippen molar-refractivity contribution in [3.63, 3.8) is 0 Å². The highest BCUT2D eigenvalue weighted by Gasteiger charge is 2.37. The third-order valence-corrected chi connectivity index (χ3v) is 5.75. The van der Waals surface area contributed by atoms with Crippen LogP contribution in [-0.4, -0.2) is 11.2 Å². The molecular formula is C27H16F8N2O3. The van der Waals surface area contributed by atoms with E-state index < -0.39 is 64.2 Å². The summed E-state index contributed by atoms with van der Waals surface area (Å²) in [7, 11) is 0. The van der Waals surface area contributed by atoms with Gasteiger partial charge in [-0.3, -0.25) is 9.36 Å². The molecule has 2 heterocycles. The Morgan fingerprint density at radius 2 is 1.62 bits per heavy atom. The summed E-state index contributed by atoms with van der Waals surface area (Å²) in [6, 6.07) is 9.00. The summed E-state index contributed by atoms with van der Waals surface area (Å²) in [4.78, 5) is 13.1. The molecule has 0 atom stereocenters. The number of hydrogen-bond donors (Lipinski definition) is 0. The van der Waals surface area contributed by atoms with E-state index in [-0.39, 0.29) is 29.2 Å². The molecule has 0 spiro atoms. The Morgan fingerprint density at radius 1 is 0.925 bits per heavy atom. The molecule has 4 rings (SSSR count). The lowest BCUT2D eigenvalue weighted by Gasteiger charge is -2.17. The molecule has 13 heteroatoms. The van der Waals surface area contributed by atoms with Gasteiger partial charge in [0.1, 0.15) is 34.8 Å². The molecule has 0 aliphatic carbocycles. The largest absolute Gasteiger partial charge is 0.494 e. The lowest BCUT2D eigenvalue weighted by atomic mass is 10.1. The number of pyridine rings is 1. The molecular weight excluding hydrogens is 552 g/mol. The summed E-state index contributed by atoms with van der Waals surface area (Å²) >= 11 is 0. The Hall–Kier alpha value is -4.60. The van der Waals surface area contributed by atoms with Gasteiger partial charge in [0.2, 0.25) is 0 Å². The molecule has 0 saturated carbocycles. The normalized spacial score (nSPS) is 11.9. The second-order valence-corrected chi connectivity index (χ2v) is 8.40. The molecule has 2 aromatic carbocycles. The molecule has 0 unspecified atom stereocenters. The van der Waals surface area contributed by atoms with Crippen LogP contribution in [0.2, 0.25) is 0 Å². The Morgan fingerprint density at radius 3 is 2.23 bits per heavy atom. The van der Waals surface area contributed by atoms with Gasteiger partial charge in [0, 0.05) is 17.2 Å². The van der Waals surface area contributed by atoms with Crippen LogP contribution >= 0.6 is 0 Å². The zero-order valence-corrected chi connectivity index (χ0v) is 20.3. The monoisotopic (exact) mass is 568 g/mol. The maximum atomic E-state index is 14.4. The minimum absolute atomic E-state index is 0.0435. The van der Waals surface area contributed by atoms with E-state index >= 15 is 0 Å². The summed E-state index contributed by atoms with van der Waals surface area (Å²) in [6.07, 6.45) is -9.91. The summed E-state index contributed by atoms with van der Waals surface area (Å²) in [5.41, 5.74) is -6.36. The Bertz CT molecular complexity index is 1680. The van der Waals surface area contributed by atoms with Crippen LogP contribution in [-0.2, 0) is 18.9 Å². The molecule has 208 valence electrons. The molecule has 0 N–H and O–H groups in total. The first-order valence-corrected chi connectivity index (χ1v) is 11.4. The lowest BCUT2D eigenvalue weighted by Crippen LogP contribution is -2.29. The van der Waals surface area contributed by atoms with Crippen LogP contribution in [0.4, 0.5) is 35.1 Å². The van der Waals surface area contributed by atoms with E-state index in [0.29, 0.717) is 16.7 Å². The molecule has 0 amide bonds. The van der Waals surface area contributed by atoms with E-state index in [1.54, 1.807) is 6.92 Å². The number of benzene rings is 2. The van der Waals surface area contributed by atoms with Crippen LogP contribution in [0.15, 0.2) is 63.8 Å². The minimum atomic E-state index is -5.15. The predicted octanol–water partition coefficient (Wildman–Crippen LogP) is 7.41. The molecule has 0 saturated heterocycles. The highest BCUT2D eigenvalue weighted by molar-refractivity contribution is 5.66. The lowest BCUT2D eigenvalue weighted by molar-refractivity contribution is -0.138. The van der Waals surface area contributed by atoms with E-state index in [1.165, 1.54) is 18.2 Å². The second kappa shape index (κ2) is 10.5. The number of furan rings is 1. The standard InChI is InChI=1S/C27H16F8N2O3/c1-2-39-18-8-15(7-16(9-18)26(30,31)32)23-5-6-24(40-23)22-11-20(27(33,34)35)19(12-36)25(38)37(22)13-14-3-4-17(28)10-21(14)29/h3-11H,2,13H2,1H3. The zero-order valence-electron chi connectivity index (χ0n) is 20.3. The van der Waals surface area contributed by atoms with E-state index in [9.17, 15) is 45.2 Å². The number of aromatic nitrogens is 1. The molecule has 0 aliphatic rings. The maximum Gasteiger partial charge on any atom is 0.417 e. The average Bonchev–Trinajstić information content (AvgIpc) is 3.35. The zero-order chi connectivity index (χ0) is 29.4. The molecule has 4 aromatic rings. The number of alkyl halides is 6. The second-order valence-electron chi connectivity index (χ2n) is 8.40. The molecule has 0 radical (unpaired) electrons. The summed E-state index contributed by atoms with van der Waals surface area (Å²) < 4.78 is 121. The Kier molecular flexibility index (Phi) is 7.47. The smallest absolute Gasteiger partial charge is 0.417 e. The number of rotatable bonds is 6. The van der Waals surface area contributed by atoms with Gasteiger partial charge in [0.15, 0.2) is 5.76 Å². The molecule has 5 nitrogen and oxygen atoms in total. The first-order chi connectivity index (χ1) is 18.7. The number of halogens is 8. The van der Waals surface area contributed by atoms with Crippen LogP contribution < -0.4 is 10.3 Å². The molecule has 0 bridgehead atoms. The quantitative estimate of drug-likeness (QED) is 0.227. The van der Waals surface area contributed by atoms with Crippen molar-refractivity contribution in [1.29, 1.82) is 5.26 Å². The molecule has 40 heavy (non-hydrogen) atoms. The Labute approximate surface area is 220 Å². The van der Waals surface area contributed by atoms with Gasteiger partial charge in [0.25, 0.3) is 5.56 Å². The highest BCUT2D eigenvalue weighted by Crippen LogP contribution is 2.38. The first kappa shape index (κ1) is 28.4. The van der Waals surface area contributed by atoms with Crippen LogP contribution in [0.3, 0.4) is 0 Å². The van der Waals surface area contributed by atoms with Crippen molar-refractivity contribution < 1.29 is 44.3 Å². The van der Waals surface area contributed by atoms with Crippen molar-refractivity contribution in [2.45, 2.75) is 25.8 Å². The van der Waals surface area contributed by atoms with Crippen LogP contribution in [0.25, 0.3) is 22.8 Å². The molecule has 0 fully saturated rings. The first-order valence-electron chi connectivity index (χ1n) is 11.4. The highest BCUT2D eigenvalue weighted by atomic mass is 19.4. The van der Waals surface area contributed by atoms with Crippen LogP contribution in [0, 0.1) is 23.0 Å². The SMILES string of the molecule is CCOc1cc(-c2ccc(-c3cc(C(F)(F)F)c(C#N)c(=O)n3Cc3ccc(F)cc3F)o2)cc(C(F)(F)F)c1. The molecule has 0 aliphatic heterocycles. The topological polar surface area (TPSA) is 68.2 Å². The average molecular weight is 568 g/mol. The van der Waals surface area contributed by atoms with E-state index in [2.05, 4.69) is 0 Å². The Balaban J connectivity index is 1.93. The van der Waals surface area contributed by atoms with Gasteiger partial charge in [-0.05, 0) is 49.4 Å². The van der Waals surface area contributed by atoms with Crippen molar-refractivity contribution in [2.75, 3.05) is 6.61 Å².